The largest absolute Gasteiger partial charge is 0.475 e. The van der Waals surface area contributed by atoms with Gasteiger partial charge in [0.15, 0.2) is 0 Å². The number of anilines is 7. The van der Waals surface area contributed by atoms with E-state index in [0.29, 0.717) is 29.2 Å². The first-order chi connectivity index (χ1) is 53.6. The van der Waals surface area contributed by atoms with Gasteiger partial charge in [0.1, 0.15) is 75.3 Å². The number of rotatable bonds is 15. The van der Waals surface area contributed by atoms with E-state index in [1.54, 1.807) is 11.8 Å². The summed E-state index contributed by atoms with van der Waals surface area (Å²) < 4.78 is 49.2. The maximum Gasteiger partial charge on any atom is 0.408 e. The number of aryl methyl sites for hydroxylation is 13. The van der Waals surface area contributed by atoms with Gasteiger partial charge in [-0.1, -0.05) is 153 Å². The first-order valence-corrected chi connectivity index (χ1v) is 41.7. The summed E-state index contributed by atoms with van der Waals surface area (Å²) in [5.41, 5.74) is 37.2. The van der Waals surface area contributed by atoms with Crippen molar-refractivity contribution in [3.63, 3.8) is 0 Å². The summed E-state index contributed by atoms with van der Waals surface area (Å²) in [4.78, 5) is 66.8. The number of fused-ring (bicyclic) bond motifs is 1. The highest BCUT2D eigenvalue weighted by Gasteiger charge is 2.32. The molecule has 32 heteroatoms. The van der Waals surface area contributed by atoms with Crippen LogP contribution >= 0.6 is 126 Å². The Balaban J connectivity index is 0.000000254. The number of aliphatic hydroxyl groups is 1. The minimum atomic E-state index is -4.36. The first kappa shape index (κ1) is 97.1. The standard InChI is InChI=1S/C21H21F3N6O2.C16H16BrCl2N3O.C15H14BrCl2N3O2.C11H16BrN.C8H10BrN.C8H11N.C3H7Br/c1-11-6-14(30-4-5-32-19-17(20(30)31)18(25)26-10-27-19)7-12(2)16(11)15-8-29(28-13(15)3)9-21(22,23)24;1-4-5-22(11-6-9(2)13(17)10(3)7-11)16(23)12-14(18)20-8-21-15(12)19;1-8-5-10(6-9(2)12(8)16)21(3-4-22)15(23)11-13(17)19-7-20-14(11)18;1-4-5-13-10-6-8(2)11(12)9(3)7-10;1-5-3-7(10)4-6(2)8(5)9;1-6-3-7(2)5-8(9)4-6;1-2-3-4/h6-8,10H,4-5,9H2,1-3H3,(H2,25,26,27);6-8H,4-5H2,1-3H3;5-7,22H,3-4H2,1-2H3;6-7,13H,4-5H2,1-3H3;3-4H,10H2,1-2H3;3-5H,9H2,1-2H3;2-3H2,1H3. The smallest absolute Gasteiger partial charge is 0.408 e. The van der Waals surface area contributed by atoms with Crippen LogP contribution in [-0.4, -0.2) is 113 Å². The van der Waals surface area contributed by atoms with Crippen LogP contribution in [0.4, 0.5) is 53.1 Å². The lowest BCUT2D eigenvalue weighted by Crippen LogP contribution is -2.34. The van der Waals surface area contributed by atoms with Crippen molar-refractivity contribution in [2.24, 2.45) is 0 Å². The van der Waals surface area contributed by atoms with Gasteiger partial charge in [-0.2, -0.15) is 18.3 Å². The molecule has 20 nitrogen and oxygen atoms in total. The fraction of sp³-hybridized carbons (Fsp3) is 0.341. The average Bonchev–Trinajstić information content (AvgIpc) is 1.54. The molecule has 612 valence electrons. The lowest BCUT2D eigenvalue weighted by molar-refractivity contribution is -0.142. The van der Waals surface area contributed by atoms with Gasteiger partial charge >= 0.3 is 6.18 Å². The quantitative estimate of drug-likeness (QED) is 0.0362. The molecule has 11 rings (SSSR count). The van der Waals surface area contributed by atoms with Crippen LogP contribution in [0.3, 0.4) is 0 Å². The van der Waals surface area contributed by atoms with Gasteiger partial charge in [0.25, 0.3) is 17.7 Å². The van der Waals surface area contributed by atoms with Gasteiger partial charge in [-0.25, -0.2) is 29.9 Å². The van der Waals surface area contributed by atoms with E-state index in [9.17, 15) is 32.7 Å². The summed E-state index contributed by atoms with van der Waals surface area (Å²) in [5, 5.41) is 17.9. The maximum atomic E-state index is 13.2. The molecule has 5 heterocycles. The second kappa shape index (κ2) is 45.9. The lowest BCUT2D eigenvalue weighted by atomic mass is 9.95. The van der Waals surface area contributed by atoms with Crippen LogP contribution in [0.2, 0.25) is 20.6 Å². The van der Waals surface area contributed by atoms with Gasteiger partial charge in [-0.15, -0.1) is 0 Å². The predicted molar refractivity (Wildman–Crippen MR) is 478 cm³/mol. The zero-order valence-electron chi connectivity index (χ0n) is 66.4. The Morgan fingerprint density at radius 1 is 0.553 bits per heavy atom. The van der Waals surface area contributed by atoms with Gasteiger partial charge in [0.2, 0.25) is 5.88 Å². The number of nitrogen functional groups attached to an aromatic ring is 3. The molecule has 0 aliphatic carbocycles. The minimum absolute atomic E-state index is 0.0162. The van der Waals surface area contributed by atoms with E-state index in [1.807, 2.05) is 137 Å². The van der Waals surface area contributed by atoms with Gasteiger partial charge in [0, 0.05) is 88.7 Å². The van der Waals surface area contributed by atoms with Crippen LogP contribution in [0, 0.1) is 90.0 Å². The van der Waals surface area contributed by atoms with Crippen LogP contribution < -0.4 is 42.0 Å². The number of alkyl halides is 4. The van der Waals surface area contributed by atoms with Gasteiger partial charge < -0.3 is 47.1 Å². The van der Waals surface area contributed by atoms with Crippen molar-refractivity contribution < 1.29 is 37.4 Å². The summed E-state index contributed by atoms with van der Waals surface area (Å²) >= 11 is 41.4. The van der Waals surface area contributed by atoms with Gasteiger partial charge in [0.05, 0.1) is 18.8 Å². The molecule has 0 fully saturated rings. The van der Waals surface area contributed by atoms with E-state index in [4.69, 9.17) is 68.3 Å². The van der Waals surface area contributed by atoms with E-state index in [2.05, 4.69) is 166 Å². The SMILES string of the molecule is CCCBr.CCCN(C(=O)c1c(Cl)ncnc1Cl)c1cc(C)c(Br)c(C)c1.CCCNc1cc(C)c(Br)c(C)c1.Cc1cc(C)cc(N)c1.Cc1cc(N(CCO)C(=O)c2c(Cl)ncnc2Cl)cc(C)c1Br.Cc1cc(N)cc(C)c1Br.Cc1cc(N2CCOc3ncnc(N)c3C2=O)cc(C)c1-c1cn(CC(F)(F)F)nc1C. The van der Waals surface area contributed by atoms with Crippen molar-refractivity contribution in [1.29, 1.82) is 0 Å². The summed E-state index contributed by atoms with van der Waals surface area (Å²) in [7, 11) is 0. The fourth-order valence-electron chi connectivity index (χ4n) is 11.8. The van der Waals surface area contributed by atoms with Gasteiger partial charge in [-0.3, -0.25) is 19.1 Å². The number of amides is 3. The molecule has 114 heavy (non-hydrogen) atoms. The number of nitrogens with one attached hydrogen (secondary N) is 1. The van der Waals surface area contributed by atoms with E-state index in [1.165, 1.54) is 84.9 Å². The Hall–Kier alpha value is -7.51. The number of benzene rings is 6. The summed E-state index contributed by atoms with van der Waals surface area (Å²) in [6.45, 7) is 32.7. The average molecular weight is 1970 g/mol. The molecule has 8 N–H and O–H groups in total. The molecule has 10 aromatic rings. The van der Waals surface area contributed by atoms with E-state index in [0.717, 1.165) is 98.8 Å². The summed E-state index contributed by atoms with van der Waals surface area (Å²) in [6.07, 6.45) is 3.89. The molecule has 0 radical (unpaired) electrons. The van der Waals surface area contributed by atoms with Crippen molar-refractivity contribution in [2.75, 3.05) is 81.9 Å². The van der Waals surface area contributed by atoms with Crippen LogP contribution in [0.15, 0.2) is 122 Å². The van der Waals surface area contributed by atoms with E-state index >= 15 is 0 Å². The molecule has 0 atom stereocenters. The Bertz CT molecular complexity index is 4670. The molecule has 0 bridgehead atoms. The number of nitrogens with two attached hydrogens (primary N) is 3. The highest BCUT2D eigenvalue weighted by Crippen LogP contribution is 2.38. The third-order valence-electron chi connectivity index (χ3n) is 16.8. The molecule has 1 aliphatic rings. The number of nitrogens with zero attached hydrogens (tertiary/aromatic N) is 11. The molecule has 3 amide bonds. The van der Waals surface area contributed by atoms with E-state index < -0.39 is 18.6 Å². The fourth-order valence-corrected chi connectivity index (χ4v) is 13.6. The van der Waals surface area contributed by atoms with Crippen molar-refractivity contribution in [1.82, 2.24) is 39.7 Å². The number of carbonyl (C=O) groups excluding carboxylic acids is 3. The number of carbonyl (C=O) groups is 3. The van der Waals surface area contributed by atoms with Crippen molar-refractivity contribution in [3.05, 3.63) is 232 Å². The van der Waals surface area contributed by atoms with Crippen LogP contribution in [0.1, 0.15) is 144 Å². The van der Waals surface area contributed by atoms with Crippen LogP contribution in [-0.2, 0) is 6.54 Å². The maximum absolute atomic E-state index is 13.2. The molecule has 6 aromatic carbocycles. The number of hydrogen-bond donors (Lipinski definition) is 5. The topological polar surface area (TPSA) is 276 Å². The van der Waals surface area contributed by atoms with Crippen LogP contribution in [0.25, 0.3) is 11.1 Å². The number of aromatic nitrogens is 8. The third-order valence-corrected chi connectivity index (χ3v) is 23.8. The molecule has 0 spiro atoms. The Kier molecular flexibility index (Phi) is 39.0. The van der Waals surface area contributed by atoms with E-state index in [-0.39, 0.29) is 87.1 Å². The minimum Gasteiger partial charge on any atom is -0.475 e. The number of halogens is 12. The van der Waals surface area contributed by atoms with Crippen molar-refractivity contribution in [3.8, 4) is 17.0 Å². The molecular formula is C82H95Br5Cl4F3N15O5. The highest BCUT2D eigenvalue weighted by atomic mass is 79.9. The Morgan fingerprint density at radius 3 is 1.35 bits per heavy atom. The third kappa shape index (κ3) is 27.8. The zero-order valence-corrected chi connectivity index (χ0v) is 77.3. The molecule has 0 saturated carbocycles. The molecular weight excluding hydrogens is 1870 g/mol. The first-order valence-electron chi connectivity index (χ1n) is 35.9. The summed E-state index contributed by atoms with van der Waals surface area (Å²) in [6, 6.07) is 25.5. The molecule has 0 saturated heterocycles. The van der Waals surface area contributed by atoms with Crippen molar-refractivity contribution >= 4 is 184 Å². The Morgan fingerprint density at radius 2 is 0.956 bits per heavy atom. The normalized spacial score (nSPS) is 11.3. The predicted octanol–water partition coefficient (Wildman–Crippen LogP) is 22.7. The number of ether oxygens (including phenoxy) is 1. The highest BCUT2D eigenvalue weighted by molar-refractivity contribution is 9.11. The summed E-state index contributed by atoms with van der Waals surface area (Å²) in [5.74, 6) is -0.969. The second-order valence-corrected chi connectivity index (χ2v) is 32.1. The Labute approximate surface area is 728 Å². The second-order valence-electron chi connectivity index (χ2n) is 26.7. The molecule has 1 aliphatic heterocycles. The van der Waals surface area contributed by atoms with Crippen molar-refractivity contribution in [2.45, 2.75) is 143 Å². The number of hydrogen-bond acceptors (Lipinski definition) is 16. The molecule has 4 aromatic heterocycles. The lowest BCUT2D eigenvalue weighted by Gasteiger charge is -2.24. The zero-order chi connectivity index (χ0) is 85.3. The van der Waals surface area contributed by atoms with Crippen LogP contribution in [0.5, 0.6) is 5.88 Å². The number of aliphatic hydroxyl groups excluding tert-OH is 1. The monoisotopic (exact) mass is 1960 g/mol. The van der Waals surface area contributed by atoms with Gasteiger partial charge in [-0.05, 0) is 254 Å². The molecule has 0 unspecified atom stereocenters.